The molecule has 1 aromatic carbocycles. The van der Waals surface area contributed by atoms with Gasteiger partial charge in [-0.15, -0.1) is 0 Å². The van der Waals surface area contributed by atoms with E-state index in [1.54, 1.807) is 31.2 Å². The summed E-state index contributed by atoms with van der Waals surface area (Å²) in [5.41, 5.74) is 1.48. The lowest BCUT2D eigenvalue weighted by molar-refractivity contribution is 0.0995. The van der Waals surface area contributed by atoms with Crippen LogP contribution in [0, 0.1) is 6.92 Å². The van der Waals surface area contributed by atoms with Gasteiger partial charge < -0.3 is 18.9 Å². The first-order valence-corrected chi connectivity index (χ1v) is 9.01. The van der Waals surface area contributed by atoms with Crippen molar-refractivity contribution in [3.8, 4) is 0 Å². The number of nitrogens with zero attached hydrogens (tertiary/aromatic N) is 2. The van der Waals surface area contributed by atoms with Crippen molar-refractivity contribution in [3.05, 3.63) is 61.0 Å². The number of aromatic nitrogens is 2. The first-order chi connectivity index (χ1) is 12.4. The van der Waals surface area contributed by atoms with E-state index in [0.29, 0.717) is 34.5 Å². The summed E-state index contributed by atoms with van der Waals surface area (Å²) in [6.45, 7) is 6.20. The monoisotopic (exact) mass is 419 g/mol. The van der Waals surface area contributed by atoms with Crippen LogP contribution in [0.25, 0.3) is 11.0 Å². The SMILES string of the molecule is CCn1c(=O)c(=O)n(CC)c2cc(NC(=O)c3ccc(Br)o3)c(C)cc21. The quantitative estimate of drug-likeness (QED) is 0.658. The summed E-state index contributed by atoms with van der Waals surface area (Å²) in [6, 6.07) is 6.72. The molecular formula is C18H18BrN3O4. The second-order valence-corrected chi connectivity index (χ2v) is 6.59. The smallest absolute Gasteiger partial charge is 0.316 e. The van der Waals surface area contributed by atoms with Gasteiger partial charge in [0.1, 0.15) is 0 Å². The van der Waals surface area contributed by atoms with Crippen molar-refractivity contribution in [1.82, 2.24) is 9.13 Å². The molecule has 136 valence electrons. The fraction of sp³-hybridized carbons (Fsp3) is 0.278. The first-order valence-electron chi connectivity index (χ1n) is 8.22. The van der Waals surface area contributed by atoms with Crippen molar-refractivity contribution in [2.24, 2.45) is 0 Å². The Kier molecular flexibility index (Phi) is 4.86. The highest BCUT2D eigenvalue weighted by molar-refractivity contribution is 9.10. The van der Waals surface area contributed by atoms with Crippen molar-refractivity contribution in [1.29, 1.82) is 0 Å². The molecule has 0 saturated carbocycles. The Labute approximate surface area is 157 Å². The predicted octanol–water partition coefficient (Wildman–Crippen LogP) is 3.12. The molecule has 3 rings (SSSR count). The van der Waals surface area contributed by atoms with Crippen LogP contribution in [0.3, 0.4) is 0 Å². The molecule has 0 aliphatic rings. The van der Waals surface area contributed by atoms with Gasteiger partial charge in [0.25, 0.3) is 5.91 Å². The molecule has 0 bridgehead atoms. The first kappa shape index (κ1) is 18.2. The zero-order valence-electron chi connectivity index (χ0n) is 14.6. The fourth-order valence-corrected chi connectivity index (χ4v) is 3.25. The van der Waals surface area contributed by atoms with Gasteiger partial charge in [0.05, 0.1) is 11.0 Å². The highest BCUT2D eigenvalue weighted by Gasteiger charge is 2.16. The van der Waals surface area contributed by atoms with Crippen molar-refractivity contribution in [3.63, 3.8) is 0 Å². The molecule has 0 spiro atoms. The van der Waals surface area contributed by atoms with Crippen LogP contribution in [0.5, 0.6) is 0 Å². The van der Waals surface area contributed by atoms with Crippen molar-refractivity contribution < 1.29 is 9.21 Å². The summed E-state index contributed by atoms with van der Waals surface area (Å²) in [5, 5.41) is 2.80. The lowest BCUT2D eigenvalue weighted by Gasteiger charge is -2.16. The van der Waals surface area contributed by atoms with Gasteiger partial charge in [-0.25, -0.2) is 0 Å². The predicted molar refractivity (Wildman–Crippen MR) is 103 cm³/mol. The molecule has 1 amide bonds. The van der Waals surface area contributed by atoms with Crippen LogP contribution in [0.4, 0.5) is 5.69 Å². The largest absolute Gasteiger partial charge is 0.444 e. The molecule has 0 aliphatic heterocycles. The molecule has 0 atom stereocenters. The Morgan fingerprint density at radius 2 is 1.65 bits per heavy atom. The Bertz CT molecular complexity index is 1120. The van der Waals surface area contributed by atoms with Crippen LogP contribution in [0.1, 0.15) is 30.0 Å². The van der Waals surface area contributed by atoms with E-state index < -0.39 is 17.0 Å². The van der Waals surface area contributed by atoms with E-state index in [0.717, 1.165) is 5.56 Å². The molecule has 3 aromatic rings. The van der Waals surface area contributed by atoms with Crippen LogP contribution >= 0.6 is 15.9 Å². The minimum atomic E-state index is -0.571. The van der Waals surface area contributed by atoms with E-state index in [9.17, 15) is 14.4 Å². The number of furan rings is 1. The van der Waals surface area contributed by atoms with Gasteiger partial charge in [-0.05, 0) is 66.5 Å². The Balaban J connectivity index is 2.18. The molecule has 0 radical (unpaired) electrons. The molecule has 2 aromatic heterocycles. The Hall–Kier alpha value is -2.61. The Morgan fingerprint density at radius 3 is 2.15 bits per heavy atom. The number of aryl methyl sites for hydroxylation is 3. The third kappa shape index (κ3) is 3.01. The normalized spacial score (nSPS) is 11.1. The number of benzene rings is 1. The van der Waals surface area contributed by atoms with E-state index in [4.69, 9.17) is 4.42 Å². The third-order valence-corrected chi connectivity index (χ3v) is 4.68. The molecule has 26 heavy (non-hydrogen) atoms. The number of carbonyl (C=O) groups excluding carboxylic acids is 1. The molecule has 8 heteroatoms. The topological polar surface area (TPSA) is 86.2 Å². The zero-order valence-corrected chi connectivity index (χ0v) is 16.2. The second-order valence-electron chi connectivity index (χ2n) is 5.81. The number of carbonyl (C=O) groups is 1. The average Bonchev–Trinajstić information content (AvgIpc) is 3.04. The molecule has 1 N–H and O–H groups in total. The van der Waals surface area contributed by atoms with Gasteiger partial charge >= 0.3 is 11.1 Å². The maximum Gasteiger partial charge on any atom is 0.316 e. The molecule has 2 heterocycles. The maximum atomic E-state index is 12.4. The van der Waals surface area contributed by atoms with E-state index in [2.05, 4.69) is 21.2 Å². The van der Waals surface area contributed by atoms with Crippen LogP contribution in [-0.2, 0) is 13.1 Å². The van der Waals surface area contributed by atoms with Gasteiger partial charge in [-0.1, -0.05) is 0 Å². The van der Waals surface area contributed by atoms with Crippen molar-refractivity contribution in [2.45, 2.75) is 33.9 Å². The molecule has 0 unspecified atom stereocenters. The average molecular weight is 420 g/mol. The van der Waals surface area contributed by atoms with Crippen LogP contribution in [0.2, 0.25) is 0 Å². The number of amides is 1. The van der Waals surface area contributed by atoms with Gasteiger partial charge in [-0.3, -0.25) is 14.4 Å². The number of hydrogen-bond acceptors (Lipinski definition) is 4. The fourth-order valence-electron chi connectivity index (χ4n) is 2.95. The van der Waals surface area contributed by atoms with Crippen LogP contribution in [-0.4, -0.2) is 15.0 Å². The van der Waals surface area contributed by atoms with Crippen molar-refractivity contribution >= 4 is 38.6 Å². The summed E-state index contributed by atoms with van der Waals surface area (Å²) in [4.78, 5) is 37.0. The third-order valence-electron chi connectivity index (χ3n) is 4.25. The van der Waals surface area contributed by atoms with Crippen molar-refractivity contribution in [2.75, 3.05) is 5.32 Å². The highest BCUT2D eigenvalue weighted by Crippen LogP contribution is 2.24. The maximum absolute atomic E-state index is 12.4. The summed E-state index contributed by atoms with van der Waals surface area (Å²) < 4.78 is 8.60. The summed E-state index contributed by atoms with van der Waals surface area (Å²) >= 11 is 3.17. The summed E-state index contributed by atoms with van der Waals surface area (Å²) in [6.07, 6.45) is 0. The molecule has 0 aliphatic carbocycles. The summed E-state index contributed by atoms with van der Waals surface area (Å²) in [5.74, 6) is -0.227. The highest BCUT2D eigenvalue weighted by atomic mass is 79.9. The minimum Gasteiger partial charge on any atom is -0.444 e. The number of anilines is 1. The molecule has 7 nitrogen and oxygen atoms in total. The van der Waals surface area contributed by atoms with Crippen LogP contribution in [0.15, 0.2) is 42.9 Å². The number of rotatable bonds is 4. The molecule has 0 saturated heterocycles. The van der Waals surface area contributed by atoms with E-state index >= 15 is 0 Å². The van der Waals surface area contributed by atoms with E-state index in [1.165, 1.54) is 9.13 Å². The Morgan fingerprint density at radius 1 is 1.08 bits per heavy atom. The van der Waals surface area contributed by atoms with Crippen LogP contribution < -0.4 is 16.4 Å². The number of nitrogens with one attached hydrogen (secondary N) is 1. The van der Waals surface area contributed by atoms with Gasteiger partial charge in [0.15, 0.2) is 10.4 Å². The lowest BCUT2D eigenvalue weighted by Crippen LogP contribution is -2.41. The summed E-state index contributed by atoms with van der Waals surface area (Å²) in [7, 11) is 0. The van der Waals surface area contributed by atoms with E-state index in [1.807, 2.05) is 13.8 Å². The van der Waals surface area contributed by atoms with Gasteiger partial charge in [0, 0.05) is 18.8 Å². The number of halogens is 1. The van der Waals surface area contributed by atoms with Gasteiger partial charge in [-0.2, -0.15) is 0 Å². The van der Waals surface area contributed by atoms with Gasteiger partial charge in [0.2, 0.25) is 0 Å². The molecular weight excluding hydrogens is 402 g/mol. The second kappa shape index (κ2) is 6.95. The van der Waals surface area contributed by atoms with E-state index in [-0.39, 0.29) is 5.76 Å². The minimum absolute atomic E-state index is 0.169. The standard InChI is InChI=1S/C18H18BrN3O4/c1-4-21-12-8-10(3)11(20-16(23)14-6-7-15(19)26-14)9-13(12)22(5-2)18(25)17(21)24/h6-9H,4-5H2,1-3H3,(H,20,23). The lowest BCUT2D eigenvalue weighted by atomic mass is 10.1. The number of fused-ring (bicyclic) bond motifs is 1. The molecule has 0 fully saturated rings. The number of hydrogen-bond donors (Lipinski definition) is 1. The zero-order chi connectivity index (χ0) is 19.0.